The average molecular weight is 181 g/mol. The van der Waals surface area contributed by atoms with Crippen LogP contribution in [-0.2, 0) is 4.74 Å². The summed E-state index contributed by atoms with van der Waals surface area (Å²) < 4.78 is 4.38. The fourth-order valence-electron chi connectivity index (χ4n) is 0.891. The zero-order chi connectivity index (χ0) is 8.97. The molecule has 0 atom stereocenters. The molecular formula is C9H9O2S. The lowest BCUT2D eigenvalue weighted by Gasteiger charge is -2.03. The zero-order valence-electron chi connectivity index (χ0n) is 6.74. The van der Waals surface area contributed by atoms with Crippen LogP contribution in [0.4, 0.5) is 0 Å². The van der Waals surface area contributed by atoms with Gasteiger partial charge in [-0.05, 0) is 18.4 Å². The molecule has 0 fully saturated rings. The Balaban J connectivity index is 3.04. The molecule has 0 bridgehead atoms. The van der Waals surface area contributed by atoms with Crippen LogP contribution < -0.4 is 0 Å². The Bertz CT molecular complexity index is 284. The number of benzene rings is 1. The molecule has 0 aromatic heterocycles. The van der Waals surface area contributed by atoms with E-state index >= 15 is 0 Å². The van der Waals surface area contributed by atoms with Crippen molar-refractivity contribution in [1.29, 1.82) is 0 Å². The molecule has 1 aromatic carbocycles. The van der Waals surface area contributed by atoms with E-state index in [4.69, 9.17) is 0 Å². The summed E-state index contributed by atoms with van der Waals surface area (Å²) in [6.07, 6.45) is 1.91. The van der Waals surface area contributed by atoms with Gasteiger partial charge in [-0.3, -0.25) is 0 Å². The Hall–Kier alpha value is -0.960. The molecule has 1 aromatic rings. The van der Waals surface area contributed by atoms with Crippen LogP contribution in [0, 0.1) is 7.11 Å². The average Bonchev–Trinajstić information content (AvgIpc) is 2.16. The van der Waals surface area contributed by atoms with Crippen molar-refractivity contribution in [2.75, 3.05) is 6.26 Å². The van der Waals surface area contributed by atoms with Crippen molar-refractivity contribution in [1.82, 2.24) is 0 Å². The number of esters is 1. The summed E-state index contributed by atoms with van der Waals surface area (Å²) in [6, 6.07) is 7.27. The van der Waals surface area contributed by atoms with Crippen LogP contribution in [-0.4, -0.2) is 12.2 Å². The quantitative estimate of drug-likeness (QED) is 0.517. The van der Waals surface area contributed by atoms with Gasteiger partial charge in [0.2, 0.25) is 0 Å². The van der Waals surface area contributed by atoms with Crippen molar-refractivity contribution in [3.05, 3.63) is 36.9 Å². The zero-order valence-corrected chi connectivity index (χ0v) is 7.56. The van der Waals surface area contributed by atoms with Crippen LogP contribution in [0.5, 0.6) is 0 Å². The monoisotopic (exact) mass is 181 g/mol. The standard InChI is InChI=1S/C9H9O2S/c1-11-9(10)7-5-3-4-6-8(7)12-2/h3-6H,1H2,2H3. The first-order valence-corrected chi connectivity index (χ1v) is 4.61. The van der Waals surface area contributed by atoms with Gasteiger partial charge in [-0.25, -0.2) is 4.79 Å². The van der Waals surface area contributed by atoms with E-state index in [0.717, 1.165) is 4.90 Å². The normalized spacial score (nSPS) is 9.50. The van der Waals surface area contributed by atoms with Gasteiger partial charge >= 0.3 is 5.97 Å². The summed E-state index contributed by atoms with van der Waals surface area (Å²) in [5, 5.41) is 0. The van der Waals surface area contributed by atoms with Crippen LogP contribution in [0.3, 0.4) is 0 Å². The molecule has 0 spiro atoms. The molecule has 0 heterocycles. The fraction of sp³-hybridized carbons (Fsp3) is 0.111. The molecular weight excluding hydrogens is 172 g/mol. The van der Waals surface area contributed by atoms with Gasteiger partial charge in [0.1, 0.15) is 7.11 Å². The maximum Gasteiger partial charge on any atom is 0.339 e. The molecule has 0 N–H and O–H groups in total. The van der Waals surface area contributed by atoms with Crippen molar-refractivity contribution < 1.29 is 9.53 Å². The molecule has 0 aliphatic heterocycles. The molecule has 0 saturated carbocycles. The fourth-order valence-corrected chi connectivity index (χ4v) is 1.48. The van der Waals surface area contributed by atoms with Crippen molar-refractivity contribution in [3.63, 3.8) is 0 Å². The highest BCUT2D eigenvalue weighted by atomic mass is 32.2. The van der Waals surface area contributed by atoms with Gasteiger partial charge in [0, 0.05) is 4.90 Å². The lowest BCUT2D eigenvalue weighted by Crippen LogP contribution is -2.00. The summed E-state index contributed by atoms with van der Waals surface area (Å²) in [6.45, 7) is 0. The number of carbonyl (C=O) groups is 1. The van der Waals surface area contributed by atoms with Crippen LogP contribution in [0.2, 0.25) is 0 Å². The largest absolute Gasteiger partial charge is 0.458 e. The minimum absolute atomic E-state index is 0.389. The van der Waals surface area contributed by atoms with Crippen molar-refractivity contribution in [2.45, 2.75) is 4.90 Å². The number of hydrogen-bond acceptors (Lipinski definition) is 3. The Labute approximate surface area is 75.9 Å². The lowest BCUT2D eigenvalue weighted by molar-refractivity contribution is 0.0650. The number of thioether (sulfide) groups is 1. The third-order valence-electron chi connectivity index (χ3n) is 1.46. The topological polar surface area (TPSA) is 26.3 Å². The molecule has 3 heteroatoms. The minimum Gasteiger partial charge on any atom is -0.458 e. The van der Waals surface area contributed by atoms with Crippen LogP contribution in [0.15, 0.2) is 29.2 Å². The smallest absolute Gasteiger partial charge is 0.339 e. The summed E-state index contributed by atoms with van der Waals surface area (Å²) in [4.78, 5) is 12.0. The molecule has 1 rings (SSSR count). The molecule has 63 valence electrons. The van der Waals surface area contributed by atoms with E-state index in [0.29, 0.717) is 5.56 Å². The number of hydrogen-bond donors (Lipinski definition) is 0. The molecule has 0 unspecified atom stereocenters. The van der Waals surface area contributed by atoms with Crippen LogP contribution >= 0.6 is 11.8 Å². The van der Waals surface area contributed by atoms with Gasteiger partial charge in [0.15, 0.2) is 0 Å². The predicted octanol–water partition coefficient (Wildman–Crippen LogP) is 2.36. The maximum atomic E-state index is 11.1. The summed E-state index contributed by atoms with van der Waals surface area (Å²) in [5.74, 6) is -0.389. The van der Waals surface area contributed by atoms with E-state index in [1.165, 1.54) is 11.8 Å². The van der Waals surface area contributed by atoms with Gasteiger partial charge in [-0.2, -0.15) is 0 Å². The Morgan fingerprint density at radius 2 is 2.17 bits per heavy atom. The number of ether oxygens (including phenoxy) is 1. The van der Waals surface area contributed by atoms with Crippen molar-refractivity contribution in [3.8, 4) is 0 Å². The molecule has 1 radical (unpaired) electrons. The summed E-state index contributed by atoms with van der Waals surface area (Å²) >= 11 is 1.51. The van der Waals surface area contributed by atoms with E-state index in [1.54, 1.807) is 12.1 Å². The molecule has 12 heavy (non-hydrogen) atoms. The Morgan fingerprint density at radius 3 is 2.75 bits per heavy atom. The first-order valence-electron chi connectivity index (χ1n) is 3.39. The third-order valence-corrected chi connectivity index (χ3v) is 2.25. The van der Waals surface area contributed by atoms with Crippen LogP contribution in [0.1, 0.15) is 10.4 Å². The molecule has 0 amide bonds. The summed E-state index contributed by atoms with van der Waals surface area (Å²) in [7, 11) is 3.08. The Kier molecular flexibility index (Phi) is 3.17. The highest BCUT2D eigenvalue weighted by molar-refractivity contribution is 7.98. The molecule has 0 saturated heterocycles. The second-order valence-electron chi connectivity index (χ2n) is 2.13. The lowest BCUT2D eigenvalue weighted by atomic mass is 10.2. The van der Waals surface area contributed by atoms with Gasteiger partial charge < -0.3 is 4.74 Å². The molecule has 2 nitrogen and oxygen atoms in total. The number of rotatable bonds is 2. The number of carbonyl (C=O) groups excluding carboxylic acids is 1. The van der Waals surface area contributed by atoms with E-state index in [-0.39, 0.29) is 5.97 Å². The van der Waals surface area contributed by atoms with Crippen molar-refractivity contribution in [2.24, 2.45) is 0 Å². The Morgan fingerprint density at radius 1 is 1.50 bits per heavy atom. The van der Waals surface area contributed by atoms with Crippen LogP contribution in [0.25, 0.3) is 0 Å². The molecule has 0 aliphatic rings. The first kappa shape index (κ1) is 9.13. The predicted molar refractivity (Wildman–Crippen MR) is 49.0 cm³/mol. The second-order valence-corrected chi connectivity index (χ2v) is 2.98. The second kappa shape index (κ2) is 4.16. The third kappa shape index (κ3) is 1.80. The van der Waals surface area contributed by atoms with Crippen molar-refractivity contribution >= 4 is 17.7 Å². The molecule has 0 aliphatic carbocycles. The van der Waals surface area contributed by atoms with E-state index in [2.05, 4.69) is 11.8 Å². The van der Waals surface area contributed by atoms with Gasteiger partial charge in [0.05, 0.1) is 5.56 Å². The SMILES string of the molecule is [CH2]OC(=O)c1ccccc1SC. The van der Waals surface area contributed by atoms with E-state index in [9.17, 15) is 4.79 Å². The highest BCUT2D eigenvalue weighted by Crippen LogP contribution is 2.20. The van der Waals surface area contributed by atoms with Gasteiger partial charge in [-0.1, -0.05) is 12.1 Å². The van der Waals surface area contributed by atoms with E-state index < -0.39 is 0 Å². The minimum atomic E-state index is -0.389. The first-order chi connectivity index (χ1) is 5.79. The van der Waals surface area contributed by atoms with E-state index in [1.807, 2.05) is 18.4 Å². The van der Waals surface area contributed by atoms with Gasteiger partial charge in [0.25, 0.3) is 0 Å². The van der Waals surface area contributed by atoms with Gasteiger partial charge in [-0.15, -0.1) is 11.8 Å². The highest BCUT2D eigenvalue weighted by Gasteiger charge is 2.08. The maximum absolute atomic E-state index is 11.1. The summed E-state index contributed by atoms with van der Waals surface area (Å²) in [5.41, 5.74) is 0.569.